The van der Waals surface area contributed by atoms with Gasteiger partial charge in [0.25, 0.3) is 5.78 Å². The van der Waals surface area contributed by atoms with Crippen molar-refractivity contribution in [3.63, 3.8) is 0 Å². The zero-order valence-electron chi connectivity index (χ0n) is 14.1. The SMILES string of the molecule is Cc1ccc2ncnc(NCCNc3cc(C)nc4ncnn34)c2c1. The van der Waals surface area contributed by atoms with E-state index in [0.717, 1.165) is 28.2 Å². The average Bonchev–Trinajstić information content (AvgIpc) is 3.07. The number of anilines is 2. The second-order valence-corrected chi connectivity index (χ2v) is 5.85. The first-order valence-electron chi connectivity index (χ1n) is 8.07. The summed E-state index contributed by atoms with van der Waals surface area (Å²) in [7, 11) is 0. The Morgan fingerprint density at radius 1 is 0.960 bits per heavy atom. The number of fused-ring (bicyclic) bond motifs is 2. The molecular formula is C17H18N8. The summed E-state index contributed by atoms with van der Waals surface area (Å²) < 4.78 is 1.69. The molecule has 0 aliphatic heterocycles. The zero-order chi connectivity index (χ0) is 17.2. The monoisotopic (exact) mass is 334 g/mol. The summed E-state index contributed by atoms with van der Waals surface area (Å²) in [5, 5.41) is 11.9. The van der Waals surface area contributed by atoms with E-state index in [1.807, 2.05) is 19.1 Å². The number of rotatable bonds is 5. The fourth-order valence-corrected chi connectivity index (χ4v) is 2.74. The van der Waals surface area contributed by atoms with E-state index < -0.39 is 0 Å². The molecule has 0 aliphatic carbocycles. The summed E-state index contributed by atoms with van der Waals surface area (Å²) in [4.78, 5) is 17.1. The van der Waals surface area contributed by atoms with Crippen LogP contribution in [-0.4, -0.2) is 42.6 Å². The van der Waals surface area contributed by atoms with Crippen LogP contribution in [0.5, 0.6) is 0 Å². The number of hydrogen-bond donors (Lipinski definition) is 2. The second-order valence-electron chi connectivity index (χ2n) is 5.85. The summed E-state index contributed by atoms with van der Waals surface area (Å²) >= 11 is 0. The van der Waals surface area contributed by atoms with Gasteiger partial charge in [-0.25, -0.2) is 15.0 Å². The number of nitrogens with zero attached hydrogens (tertiary/aromatic N) is 6. The normalized spacial score (nSPS) is 11.1. The smallest absolute Gasteiger partial charge is 0.254 e. The van der Waals surface area contributed by atoms with Crippen molar-refractivity contribution in [1.29, 1.82) is 0 Å². The lowest BCUT2D eigenvalue weighted by Crippen LogP contribution is -2.16. The van der Waals surface area contributed by atoms with E-state index in [4.69, 9.17) is 0 Å². The Bertz CT molecular complexity index is 1040. The molecule has 4 rings (SSSR count). The highest BCUT2D eigenvalue weighted by atomic mass is 15.4. The molecule has 3 heterocycles. The van der Waals surface area contributed by atoms with Gasteiger partial charge >= 0.3 is 0 Å². The van der Waals surface area contributed by atoms with E-state index in [-0.39, 0.29) is 0 Å². The Kier molecular flexibility index (Phi) is 3.85. The van der Waals surface area contributed by atoms with E-state index in [9.17, 15) is 0 Å². The van der Waals surface area contributed by atoms with Crippen molar-refractivity contribution >= 4 is 28.3 Å². The molecule has 0 fully saturated rings. The molecule has 8 heteroatoms. The van der Waals surface area contributed by atoms with Crippen LogP contribution in [0.2, 0.25) is 0 Å². The van der Waals surface area contributed by atoms with Gasteiger partial charge in [-0.1, -0.05) is 11.6 Å². The lowest BCUT2D eigenvalue weighted by Gasteiger charge is -2.11. The maximum Gasteiger partial charge on any atom is 0.254 e. The van der Waals surface area contributed by atoms with Crippen molar-refractivity contribution in [3.05, 3.63) is 48.2 Å². The van der Waals surface area contributed by atoms with Gasteiger partial charge in [-0.05, 0) is 26.0 Å². The molecule has 0 saturated carbocycles. The lowest BCUT2D eigenvalue weighted by molar-refractivity contribution is 0.914. The third-order valence-electron chi connectivity index (χ3n) is 3.89. The third kappa shape index (κ3) is 3.06. The number of benzene rings is 1. The van der Waals surface area contributed by atoms with Gasteiger partial charge in [-0.15, -0.1) is 0 Å². The molecule has 0 aliphatic rings. The molecule has 4 aromatic rings. The van der Waals surface area contributed by atoms with E-state index in [2.05, 4.69) is 54.7 Å². The van der Waals surface area contributed by atoms with Crippen LogP contribution in [0.15, 0.2) is 36.9 Å². The van der Waals surface area contributed by atoms with Crippen LogP contribution in [0.1, 0.15) is 11.3 Å². The van der Waals surface area contributed by atoms with E-state index in [1.165, 1.54) is 11.9 Å². The Balaban J connectivity index is 1.46. The fourth-order valence-electron chi connectivity index (χ4n) is 2.74. The minimum Gasteiger partial charge on any atom is -0.368 e. The number of aromatic nitrogens is 6. The molecular weight excluding hydrogens is 316 g/mol. The van der Waals surface area contributed by atoms with Crippen LogP contribution in [0, 0.1) is 13.8 Å². The molecule has 8 nitrogen and oxygen atoms in total. The van der Waals surface area contributed by atoms with Gasteiger partial charge in [0.1, 0.15) is 24.3 Å². The second kappa shape index (κ2) is 6.31. The molecule has 0 unspecified atom stereocenters. The van der Waals surface area contributed by atoms with Crippen LogP contribution >= 0.6 is 0 Å². The third-order valence-corrected chi connectivity index (χ3v) is 3.89. The Morgan fingerprint density at radius 2 is 1.84 bits per heavy atom. The van der Waals surface area contributed by atoms with E-state index in [0.29, 0.717) is 18.9 Å². The largest absolute Gasteiger partial charge is 0.368 e. The van der Waals surface area contributed by atoms with Crippen molar-refractivity contribution in [3.8, 4) is 0 Å². The van der Waals surface area contributed by atoms with Gasteiger partial charge in [0.05, 0.1) is 5.52 Å². The van der Waals surface area contributed by atoms with Crippen molar-refractivity contribution in [2.24, 2.45) is 0 Å². The first-order chi connectivity index (χ1) is 12.2. The predicted octanol–water partition coefficient (Wildman–Crippen LogP) is 2.21. The Morgan fingerprint density at radius 3 is 2.76 bits per heavy atom. The molecule has 0 saturated heterocycles. The van der Waals surface area contributed by atoms with Crippen molar-refractivity contribution in [1.82, 2.24) is 29.5 Å². The van der Waals surface area contributed by atoms with Crippen molar-refractivity contribution in [2.75, 3.05) is 23.7 Å². The van der Waals surface area contributed by atoms with Crippen molar-refractivity contribution in [2.45, 2.75) is 13.8 Å². The van der Waals surface area contributed by atoms with Gasteiger partial charge in [-0.3, -0.25) is 0 Å². The topological polar surface area (TPSA) is 92.9 Å². The van der Waals surface area contributed by atoms with Crippen LogP contribution < -0.4 is 10.6 Å². The number of hydrogen-bond acceptors (Lipinski definition) is 7. The zero-order valence-corrected chi connectivity index (χ0v) is 14.1. The summed E-state index contributed by atoms with van der Waals surface area (Å²) in [5.74, 6) is 2.30. The van der Waals surface area contributed by atoms with Gasteiger partial charge in [-0.2, -0.15) is 14.6 Å². The van der Waals surface area contributed by atoms with Crippen LogP contribution in [0.4, 0.5) is 11.6 Å². The average molecular weight is 334 g/mol. The maximum atomic E-state index is 4.36. The molecule has 0 spiro atoms. The highest BCUT2D eigenvalue weighted by molar-refractivity contribution is 5.89. The Hall–Kier alpha value is -3.29. The summed E-state index contributed by atoms with van der Waals surface area (Å²) in [6.45, 7) is 5.41. The lowest BCUT2D eigenvalue weighted by atomic mass is 10.1. The van der Waals surface area contributed by atoms with Gasteiger partial charge in [0, 0.05) is 30.2 Å². The minimum absolute atomic E-state index is 0.590. The Labute approximate surface area is 144 Å². The number of aryl methyl sites for hydroxylation is 2. The van der Waals surface area contributed by atoms with Gasteiger partial charge in [0.2, 0.25) is 0 Å². The van der Waals surface area contributed by atoms with Gasteiger partial charge < -0.3 is 10.6 Å². The molecule has 1 aromatic carbocycles. The molecule has 25 heavy (non-hydrogen) atoms. The molecule has 0 radical (unpaired) electrons. The quantitative estimate of drug-likeness (QED) is 0.540. The van der Waals surface area contributed by atoms with Crippen LogP contribution in [-0.2, 0) is 0 Å². The summed E-state index contributed by atoms with van der Waals surface area (Å²) in [6, 6.07) is 8.11. The molecule has 0 amide bonds. The van der Waals surface area contributed by atoms with E-state index in [1.54, 1.807) is 10.8 Å². The van der Waals surface area contributed by atoms with Gasteiger partial charge in [0.15, 0.2) is 0 Å². The first kappa shape index (κ1) is 15.3. The maximum absolute atomic E-state index is 4.36. The van der Waals surface area contributed by atoms with Crippen molar-refractivity contribution < 1.29 is 0 Å². The molecule has 2 N–H and O–H groups in total. The van der Waals surface area contributed by atoms with E-state index >= 15 is 0 Å². The summed E-state index contributed by atoms with van der Waals surface area (Å²) in [6.07, 6.45) is 3.08. The standard InChI is InChI=1S/C17H18N8/c1-11-3-4-14-13(7-11)16(21-9-20-14)19-6-5-18-15-8-12(2)24-17-22-10-23-25(15)17/h3-4,7-10,18H,5-6H2,1-2H3,(H,19,20,21). The molecule has 126 valence electrons. The first-order valence-corrected chi connectivity index (χ1v) is 8.07. The molecule has 0 bridgehead atoms. The molecule has 0 atom stereocenters. The van der Waals surface area contributed by atoms with Crippen LogP contribution in [0.25, 0.3) is 16.7 Å². The number of nitrogens with one attached hydrogen (secondary N) is 2. The molecule has 3 aromatic heterocycles. The highest BCUT2D eigenvalue weighted by Gasteiger charge is 2.06. The predicted molar refractivity (Wildman–Crippen MR) is 96.8 cm³/mol. The highest BCUT2D eigenvalue weighted by Crippen LogP contribution is 2.20. The summed E-state index contributed by atoms with van der Waals surface area (Å²) in [5.41, 5.74) is 3.02. The fraction of sp³-hybridized carbons (Fsp3) is 0.235. The van der Waals surface area contributed by atoms with Crippen LogP contribution in [0.3, 0.4) is 0 Å². The minimum atomic E-state index is 0.590.